The van der Waals surface area contributed by atoms with E-state index >= 15 is 0 Å². The fourth-order valence-electron chi connectivity index (χ4n) is 3.64. The number of aryl methyl sites for hydroxylation is 3. The van der Waals surface area contributed by atoms with Gasteiger partial charge < -0.3 is 15.1 Å². The second kappa shape index (κ2) is 8.89. The van der Waals surface area contributed by atoms with Crippen LogP contribution in [0.3, 0.4) is 0 Å². The van der Waals surface area contributed by atoms with E-state index in [4.69, 9.17) is 0 Å². The highest BCUT2D eigenvalue weighted by Gasteiger charge is 2.17. The molecule has 2 aromatic rings. The highest BCUT2D eigenvalue weighted by atomic mass is 32.1. The molecule has 1 fully saturated rings. The molecule has 3 rings (SSSR count). The number of benzene rings is 1. The number of piperazine rings is 1. The van der Waals surface area contributed by atoms with Gasteiger partial charge in [-0.25, -0.2) is 0 Å². The monoisotopic (exact) mass is 385 g/mol. The lowest BCUT2D eigenvalue weighted by Crippen LogP contribution is -2.46. The van der Waals surface area contributed by atoms with Crippen LogP contribution >= 0.6 is 11.3 Å². The molecule has 0 unspecified atom stereocenters. The molecule has 1 saturated heterocycles. The summed E-state index contributed by atoms with van der Waals surface area (Å²) in [5, 5.41) is 3.10. The lowest BCUT2D eigenvalue weighted by atomic mass is 10.1. The molecule has 0 spiro atoms. The molecule has 0 radical (unpaired) electrons. The average Bonchev–Trinajstić information content (AvgIpc) is 3.04. The second-order valence-corrected chi connectivity index (χ2v) is 8.57. The molecule has 2 heterocycles. The highest BCUT2D eigenvalue weighted by molar-refractivity contribution is 7.14. The normalized spacial score (nSPS) is 15.2. The Morgan fingerprint density at radius 2 is 1.85 bits per heavy atom. The Bertz CT molecular complexity index is 791. The molecule has 0 bridgehead atoms. The standard InChI is InChI=1S/C22H31N3OS/c1-5-7-18-15-21(27-17(18)4)22(26)23-20-9-8-19(14-16(20)3)25-12-10-24(6-2)11-13-25/h8-9,14-15H,5-7,10-13H2,1-4H3,(H,23,26). The molecule has 1 aromatic heterocycles. The summed E-state index contributed by atoms with van der Waals surface area (Å²) in [6.07, 6.45) is 2.14. The van der Waals surface area contributed by atoms with Crippen LogP contribution in [0.25, 0.3) is 0 Å². The number of likely N-dealkylation sites (N-methyl/N-ethyl adjacent to an activating group) is 1. The molecule has 27 heavy (non-hydrogen) atoms. The van der Waals surface area contributed by atoms with Gasteiger partial charge >= 0.3 is 0 Å². The van der Waals surface area contributed by atoms with Crippen LogP contribution < -0.4 is 10.2 Å². The summed E-state index contributed by atoms with van der Waals surface area (Å²) in [6.45, 7) is 14.1. The van der Waals surface area contributed by atoms with E-state index in [1.807, 2.05) is 6.07 Å². The number of carbonyl (C=O) groups excluding carboxylic acids is 1. The maximum atomic E-state index is 12.7. The molecule has 146 valence electrons. The van der Waals surface area contributed by atoms with Crippen molar-refractivity contribution >= 4 is 28.6 Å². The van der Waals surface area contributed by atoms with Crippen LogP contribution in [-0.4, -0.2) is 43.5 Å². The summed E-state index contributed by atoms with van der Waals surface area (Å²) in [4.78, 5) is 19.6. The first-order chi connectivity index (χ1) is 13.0. The topological polar surface area (TPSA) is 35.6 Å². The SMILES string of the molecule is CCCc1cc(C(=O)Nc2ccc(N3CCN(CC)CC3)cc2C)sc1C. The Hall–Kier alpha value is -1.85. The van der Waals surface area contributed by atoms with E-state index in [2.05, 4.69) is 61.0 Å². The van der Waals surface area contributed by atoms with Gasteiger partial charge in [0.1, 0.15) is 0 Å². The molecule has 4 nitrogen and oxygen atoms in total. The smallest absolute Gasteiger partial charge is 0.265 e. The van der Waals surface area contributed by atoms with Gasteiger partial charge in [-0.1, -0.05) is 20.3 Å². The summed E-state index contributed by atoms with van der Waals surface area (Å²) < 4.78 is 0. The molecule has 1 N–H and O–H groups in total. The maximum Gasteiger partial charge on any atom is 0.265 e. The van der Waals surface area contributed by atoms with Crippen molar-refractivity contribution in [3.05, 3.63) is 45.1 Å². The zero-order valence-corrected chi connectivity index (χ0v) is 17.8. The van der Waals surface area contributed by atoms with Crippen molar-refractivity contribution in [3.63, 3.8) is 0 Å². The number of thiophene rings is 1. The average molecular weight is 386 g/mol. The van der Waals surface area contributed by atoms with Crippen molar-refractivity contribution < 1.29 is 4.79 Å². The van der Waals surface area contributed by atoms with E-state index in [0.717, 1.165) is 61.7 Å². The summed E-state index contributed by atoms with van der Waals surface area (Å²) >= 11 is 1.59. The number of carbonyl (C=O) groups is 1. The van der Waals surface area contributed by atoms with Gasteiger partial charge in [-0.2, -0.15) is 0 Å². The molecule has 0 atom stereocenters. The predicted molar refractivity (Wildman–Crippen MR) is 117 cm³/mol. The second-order valence-electron chi connectivity index (χ2n) is 7.32. The lowest BCUT2D eigenvalue weighted by Gasteiger charge is -2.35. The Labute approximate surface area is 167 Å². The number of hydrogen-bond acceptors (Lipinski definition) is 4. The summed E-state index contributed by atoms with van der Waals surface area (Å²) in [7, 11) is 0. The molecule has 0 saturated carbocycles. The zero-order chi connectivity index (χ0) is 19.4. The maximum absolute atomic E-state index is 12.7. The van der Waals surface area contributed by atoms with Gasteiger partial charge in [0.15, 0.2) is 0 Å². The minimum absolute atomic E-state index is 0.00198. The van der Waals surface area contributed by atoms with Gasteiger partial charge in [0.25, 0.3) is 5.91 Å². The van der Waals surface area contributed by atoms with Crippen molar-refractivity contribution in [1.82, 2.24) is 4.90 Å². The molecule has 1 aromatic carbocycles. The summed E-state index contributed by atoms with van der Waals surface area (Å²) in [6, 6.07) is 8.42. The van der Waals surface area contributed by atoms with Crippen LogP contribution in [0.15, 0.2) is 24.3 Å². The molecule has 5 heteroatoms. The summed E-state index contributed by atoms with van der Waals surface area (Å²) in [5.74, 6) is -0.00198. The molecular weight excluding hydrogens is 354 g/mol. The van der Waals surface area contributed by atoms with Crippen molar-refractivity contribution in [2.75, 3.05) is 42.9 Å². The number of nitrogens with one attached hydrogen (secondary N) is 1. The molecular formula is C22H31N3OS. The third-order valence-corrected chi connectivity index (χ3v) is 6.50. The highest BCUT2D eigenvalue weighted by Crippen LogP contribution is 2.27. The third-order valence-electron chi connectivity index (χ3n) is 5.41. The van der Waals surface area contributed by atoms with E-state index in [-0.39, 0.29) is 5.91 Å². The van der Waals surface area contributed by atoms with Gasteiger partial charge in [0.05, 0.1) is 4.88 Å². The van der Waals surface area contributed by atoms with Crippen LogP contribution in [0.5, 0.6) is 0 Å². The van der Waals surface area contributed by atoms with Gasteiger partial charge in [0.2, 0.25) is 0 Å². The van der Waals surface area contributed by atoms with Crippen LogP contribution in [0.1, 0.15) is 45.9 Å². The van der Waals surface area contributed by atoms with Gasteiger partial charge in [0, 0.05) is 42.4 Å². The van der Waals surface area contributed by atoms with Crippen molar-refractivity contribution in [3.8, 4) is 0 Å². The first kappa shape index (κ1) is 19.9. The first-order valence-corrected chi connectivity index (χ1v) is 10.8. The van der Waals surface area contributed by atoms with Crippen molar-refractivity contribution in [2.45, 2.75) is 40.5 Å². The molecule has 0 aliphatic carbocycles. The Morgan fingerprint density at radius 3 is 2.48 bits per heavy atom. The number of anilines is 2. The fraction of sp³-hybridized carbons (Fsp3) is 0.500. The molecule has 1 aliphatic heterocycles. The van der Waals surface area contributed by atoms with E-state index in [9.17, 15) is 4.79 Å². The third kappa shape index (κ3) is 4.71. The lowest BCUT2D eigenvalue weighted by molar-refractivity contribution is 0.103. The van der Waals surface area contributed by atoms with Crippen molar-refractivity contribution in [1.29, 1.82) is 0 Å². The predicted octanol–water partition coefficient (Wildman–Crippen LogP) is 4.71. The van der Waals surface area contributed by atoms with E-state index < -0.39 is 0 Å². The number of nitrogens with zero attached hydrogens (tertiary/aromatic N) is 2. The fourth-order valence-corrected chi connectivity index (χ4v) is 4.61. The number of hydrogen-bond donors (Lipinski definition) is 1. The molecule has 1 amide bonds. The number of rotatable bonds is 6. The largest absolute Gasteiger partial charge is 0.369 e. The number of amides is 1. The van der Waals surface area contributed by atoms with E-state index in [0.29, 0.717) is 0 Å². The Balaban J connectivity index is 1.67. The first-order valence-electron chi connectivity index (χ1n) is 10.0. The van der Waals surface area contributed by atoms with Gasteiger partial charge in [-0.05, 0) is 62.2 Å². The summed E-state index contributed by atoms with van der Waals surface area (Å²) in [5.41, 5.74) is 4.56. The van der Waals surface area contributed by atoms with E-state index in [1.165, 1.54) is 16.1 Å². The van der Waals surface area contributed by atoms with Crippen LogP contribution in [-0.2, 0) is 6.42 Å². The quantitative estimate of drug-likeness (QED) is 0.782. The minimum atomic E-state index is -0.00198. The molecule has 1 aliphatic rings. The van der Waals surface area contributed by atoms with Crippen LogP contribution in [0.2, 0.25) is 0 Å². The minimum Gasteiger partial charge on any atom is -0.369 e. The van der Waals surface area contributed by atoms with Gasteiger partial charge in [-0.15, -0.1) is 11.3 Å². The van der Waals surface area contributed by atoms with Gasteiger partial charge in [-0.3, -0.25) is 4.79 Å². The zero-order valence-electron chi connectivity index (χ0n) is 17.0. The Morgan fingerprint density at radius 1 is 1.11 bits per heavy atom. The van der Waals surface area contributed by atoms with Crippen LogP contribution in [0.4, 0.5) is 11.4 Å². The Kier molecular flexibility index (Phi) is 6.55. The van der Waals surface area contributed by atoms with E-state index in [1.54, 1.807) is 11.3 Å². The van der Waals surface area contributed by atoms with Crippen molar-refractivity contribution in [2.24, 2.45) is 0 Å². The van der Waals surface area contributed by atoms with Crippen LogP contribution in [0, 0.1) is 13.8 Å².